The van der Waals surface area contributed by atoms with Crippen molar-refractivity contribution in [2.75, 3.05) is 20.3 Å². The second kappa shape index (κ2) is 8.12. The van der Waals surface area contributed by atoms with E-state index in [4.69, 9.17) is 4.74 Å². The lowest BCUT2D eigenvalue weighted by molar-refractivity contribution is 0.159. The van der Waals surface area contributed by atoms with Crippen molar-refractivity contribution in [3.63, 3.8) is 0 Å². The van der Waals surface area contributed by atoms with Gasteiger partial charge in [0.05, 0.1) is 6.61 Å². The Morgan fingerprint density at radius 1 is 1.33 bits per heavy atom. The molecule has 0 aliphatic heterocycles. The van der Waals surface area contributed by atoms with E-state index in [1.54, 1.807) is 7.11 Å². The lowest BCUT2D eigenvalue weighted by atomic mass is 10.1. The highest BCUT2D eigenvalue weighted by Gasteiger charge is 2.16. The van der Waals surface area contributed by atoms with E-state index in [9.17, 15) is 0 Å². The molecular formula is C13H27NO. The monoisotopic (exact) mass is 213 g/mol. The zero-order chi connectivity index (χ0) is 10.9. The van der Waals surface area contributed by atoms with Crippen LogP contribution in [0.2, 0.25) is 0 Å². The van der Waals surface area contributed by atoms with Crippen molar-refractivity contribution in [2.24, 2.45) is 5.92 Å². The molecule has 1 aliphatic carbocycles. The van der Waals surface area contributed by atoms with Gasteiger partial charge >= 0.3 is 0 Å². The summed E-state index contributed by atoms with van der Waals surface area (Å²) in [6.07, 6.45) is 9.60. The maximum absolute atomic E-state index is 5.25. The Kier molecular flexibility index (Phi) is 7.03. The molecule has 1 fully saturated rings. The summed E-state index contributed by atoms with van der Waals surface area (Å²) in [5, 5.41) is 3.67. The first kappa shape index (κ1) is 13.0. The molecule has 0 heterocycles. The summed E-state index contributed by atoms with van der Waals surface area (Å²) in [6.45, 7) is 4.32. The van der Waals surface area contributed by atoms with E-state index in [2.05, 4.69) is 12.2 Å². The molecule has 2 nitrogen and oxygen atoms in total. The molecule has 1 unspecified atom stereocenters. The van der Waals surface area contributed by atoms with Crippen LogP contribution < -0.4 is 5.32 Å². The molecule has 1 saturated carbocycles. The van der Waals surface area contributed by atoms with Gasteiger partial charge in [-0.05, 0) is 31.7 Å². The molecule has 0 saturated heterocycles. The predicted molar refractivity (Wildman–Crippen MR) is 65.1 cm³/mol. The molecule has 1 aliphatic rings. The van der Waals surface area contributed by atoms with Crippen LogP contribution >= 0.6 is 0 Å². The minimum absolute atomic E-state index is 0.579. The van der Waals surface area contributed by atoms with Crippen LogP contribution in [0.1, 0.15) is 51.9 Å². The smallest absolute Gasteiger partial charge is 0.0615 e. The number of unbranched alkanes of at least 4 members (excludes halogenated alkanes) is 1. The lowest BCUT2D eigenvalue weighted by Crippen LogP contribution is -2.36. The minimum atomic E-state index is 0.579. The Morgan fingerprint density at radius 2 is 2.07 bits per heavy atom. The number of hydrogen-bond donors (Lipinski definition) is 1. The molecule has 0 amide bonds. The van der Waals surface area contributed by atoms with E-state index in [-0.39, 0.29) is 0 Å². The molecule has 15 heavy (non-hydrogen) atoms. The van der Waals surface area contributed by atoms with Crippen molar-refractivity contribution in [3.8, 4) is 0 Å². The zero-order valence-corrected chi connectivity index (χ0v) is 10.4. The molecule has 0 spiro atoms. The van der Waals surface area contributed by atoms with Crippen molar-refractivity contribution in [2.45, 2.75) is 57.9 Å². The summed E-state index contributed by atoms with van der Waals surface area (Å²) < 4.78 is 5.25. The molecule has 2 heteroatoms. The highest BCUT2D eigenvalue weighted by Crippen LogP contribution is 2.23. The van der Waals surface area contributed by atoms with Gasteiger partial charge in [-0.15, -0.1) is 0 Å². The van der Waals surface area contributed by atoms with Gasteiger partial charge in [0.1, 0.15) is 0 Å². The molecule has 0 aromatic heterocycles. The molecule has 1 rings (SSSR count). The fourth-order valence-electron chi connectivity index (χ4n) is 2.44. The van der Waals surface area contributed by atoms with Crippen molar-refractivity contribution >= 4 is 0 Å². The van der Waals surface area contributed by atoms with Gasteiger partial charge in [-0.3, -0.25) is 0 Å². The lowest BCUT2D eigenvalue weighted by Gasteiger charge is -2.20. The van der Waals surface area contributed by atoms with Gasteiger partial charge in [-0.1, -0.05) is 32.6 Å². The normalized spacial score (nSPS) is 19.6. The molecule has 1 N–H and O–H groups in total. The molecule has 0 aromatic rings. The predicted octanol–water partition coefficient (Wildman–Crippen LogP) is 2.97. The van der Waals surface area contributed by atoms with Gasteiger partial charge in [0.2, 0.25) is 0 Å². The third-order valence-electron chi connectivity index (χ3n) is 3.44. The highest BCUT2D eigenvalue weighted by molar-refractivity contribution is 4.73. The highest BCUT2D eigenvalue weighted by atomic mass is 16.5. The largest absolute Gasteiger partial charge is 0.383 e. The van der Waals surface area contributed by atoms with Crippen LogP contribution in [0.4, 0.5) is 0 Å². The van der Waals surface area contributed by atoms with Gasteiger partial charge in [0.25, 0.3) is 0 Å². The maximum Gasteiger partial charge on any atom is 0.0615 e. The molecule has 1 atom stereocenters. The molecular weight excluding hydrogens is 186 g/mol. The summed E-state index contributed by atoms with van der Waals surface area (Å²) in [5.41, 5.74) is 0. The van der Waals surface area contributed by atoms with Crippen LogP contribution in [0.3, 0.4) is 0 Å². The first-order valence-electron chi connectivity index (χ1n) is 6.59. The average molecular weight is 213 g/mol. The minimum Gasteiger partial charge on any atom is -0.383 e. The summed E-state index contributed by atoms with van der Waals surface area (Å²) in [6, 6.07) is 0.579. The van der Waals surface area contributed by atoms with Crippen LogP contribution in [0.15, 0.2) is 0 Å². The van der Waals surface area contributed by atoms with Crippen molar-refractivity contribution in [3.05, 3.63) is 0 Å². The Balaban J connectivity index is 2.11. The Bertz CT molecular complexity index is 143. The average Bonchev–Trinajstić information content (AvgIpc) is 2.75. The van der Waals surface area contributed by atoms with Gasteiger partial charge in [-0.25, -0.2) is 0 Å². The van der Waals surface area contributed by atoms with Crippen LogP contribution in [0.25, 0.3) is 0 Å². The van der Waals surface area contributed by atoms with Crippen LogP contribution in [-0.4, -0.2) is 26.3 Å². The third kappa shape index (κ3) is 5.53. The van der Waals surface area contributed by atoms with Crippen molar-refractivity contribution < 1.29 is 4.74 Å². The van der Waals surface area contributed by atoms with Gasteiger partial charge < -0.3 is 10.1 Å². The van der Waals surface area contributed by atoms with Crippen LogP contribution in [0, 0.1) is 5.92 Å². The Morgan fingerprint density at radius 3 is 2.67 bits per heavy atom. The van der Waals surface area contributed by atoms with Crippen molar-refractivity contribution in [1.29, 1.82) is 0 Å². The topological polar surface area (TPSA) is 21.3 Å². The van der Waals surface area contributed by atoms with Gasteiger partial charge in [0, 0.05) is 13.2 Å². The van der Waals surface area contributed by atoms with Gasteiger partial charge in [-0.2, -0.15) is 0 Å². The Hall–Kier alpha value is -0.0800. The van der Waals surface area contributed by atoms with E-state index in [0.29, 0.717) is 6.04 Å². The first-order valence-corrected chi connectivity index (χ1v) is 6.59. The summed E-state index contributed by atoms with van der Waals surface area (Å²) >= 11 is 0. The van der Waals surface area contributed by atoms with Crippen LogP contribution in [-0.2, 0) is 4.74 Å². The van der Waals surface area contributed by atoms with Crippen LogP contribution in [0.5, 0.6) is 0 Å². The fraction of sp³-hybridized carbons (Fsp3) is 1.00. The number of methoxy groups -OCH3 is 1. The standard InChI is InChI=1S/C13H27NO/c1-3-4-9-13(11-15-2)14-10-12-7-5-6-8-12/h12-14H,3-11H2,1-2H3. The fourth-order valence-corrected chi connectivity index (χ4v) is 2.44. The summed E-state index contributed by atoms with van der Waals surface area (Å²) in [5.74, 6) is 0.936. The molecule has 0 aromatic carbocycles. The number of rotatable bonds is 8. The van der Waals surface area contributed by atoms with E-state index < -0.39 is 0 Å². The first-order chi connectivity index (χ1) is 7.36. The Labute approximate surface area is 94.8 Å². The maximum atomic E-state index is 5.25. The third-order valence-corrected chi connectivity index (χ3v) is 3.44. The molecule has 90 valence electrons. The van der Waals surface area contributed by atoms with E-state index in [1.807, 2.05) is 0 Å². The quantitative estimate of drug-likeness (QED) is 0.669. The second-order valence-corrected chi connectivity index (χ2v) is 4.85. The van der Waals surface area contributed by atoms with E-state index in [0.717, 1.165) is 12.5 Å². The number of ether oxygens (including phenoxy) is 1. The zero-order valence-electron chi connectivity index (χ0n) is 10.4. The van der Waals surface area contributed by atoms with E-state index >= 15 is 0 Å². The summed E-state index contributed by atoms with van der Waals surface area (Å²) in [4.78, 5) is 0. The van der Waals surface area contributed by atoms with Gasteiger partial charge in [0.15, 0.2) is 0 Å². The molecule has 0 radical (unpaired) electrons. The summed E-state index contributed by atoms with van der Waals surface area (Å²) in [7, 11) is 1.80. The molecule has 0 bridgehead atoms. The number of nitrogens with one attached hydrogen (secondary N) is 1. The van der Waals surface area contributed by atoms with Crippen molar-refractivity contribution in [1.82, 2.24) is 5.32 Å². The van der Waals surface area contributed by atoms with E-state index in [1.165, 1.54) is 51.5 Å². The SMILES string of the molecule is CCCCC(COC)NCC1CCCC1. The second-order valence-electron chi connectivity index (χ2n) is 4.85. The number of hydrogen-bond acceptors (Lipinski definition) is 2.